The molecule has 4 rings (SSSR count). The zero-order valence-corrected chi connectivity index (χ0v) is 19.5. The minimum Gasteiger partial charge on any atom is -0.383 e. The Hall–Kier alpha value is -2.58. The number of benzene rings is 1. The van der Waals surface area contributed by atoms with E-state index in [1.54, 1.807) is 14.0 Å². The first-order valence-electron chi connectivity index (χ1n) is 11.3. The molecule has 1 atom stereocenters. The van der Waals surface area contributed by atoms with E-state index in [-0.39, 0.29) is 5.82 Å². The fourth-order valence-corrected chi connectivity index (χ4v) is 4.56. The highest BCUT2D eigenvalue weighted by Crippen LogP contribution is 2.38. The molecule has 1 aliphatic heterocycles. The maximum absolute atomic E-state index is 14.9. The molecule has 1 N–H and O–H groups in total. The molecule has 172 valence electrons. The number of nitrogens with one attached hydrogen (secondary N) is 1. The second-order valence-corrected chi connectivity index (χ2v) is 8.71. The van der Waals surface area contributed by atoms with Gasteiger partial charge in [-0.05, 0) is 63.3 Å². The average Bonchev–Trinajstić information content (AvgIpc) is 3.20. The van der Waals surface area contributed by atoms with Crippen LogP contribution in [0.1, 0.15) is 43.1 Å². The quantitative estimate of drug-likeness (QED) is 0.585. The Bertz CT molecular complexity index is 1090. The zero-order valence-electron chi connectivity index (χ0n) is 19.5. The van der Waals surface area contributed by atoms with Gasteiger partial charge in [-0.25, -0.2) is 9.37 Å². The largest absolute Gasteiger partial charge is 0.383 e. The molecule has 2 aromatic heterocycles. The average molecular weight is 442 g/mol. The second kappa shape index (κ2) is 9.50. The lowest BCUT2D eigenvalue weighted by Crippen LogP contribution is -2.47. The number of rotatable bonds is 7. The molecule has 0 saturated carbocycles. The molecule has 3 aromatic rings. The molecule has 1 fully saturated rings. The number of methoxy groups -OCH3 is 1. The standard InChI is InChI=1S/C24H32FN5O2/c1-6-17(13-31-5)27-18-7-9-30(10-8-18)23-21(24-26-16(4)29-32-24)15(3)19-11-14(2)12-20(25)22(19)28-23/h11-12,17-18,27H,6-10,13H2,1-5H3/t17-/m0/s1. The molecule has 7 nitrogen and oxygen atoms in total. The third-order valence-electron chi connectivity index (χ3n) is 6.30. The van der Waals surface area contributed by atoms with Gasteiger partial charge < -0.3 is 19.5 Å². The van der Waals surface area contributed by atoms with Crippen LogP contribution in [0, 0.1) is 26.6 Å². The van der Waals surface area contributed by atoms with Crippen molar-refractivity contribution in [1.82, 2.24) is 20.4 Å². The van der Waals surface area contributed by atoms with Crippen LogP contribution in [0.4, 0.5) is 10.2 Å². The van der Waals surface area contributed by atoms with E-state index >= 15 is 0 Å². The smallest absolute Gasteiger partial charge is 0.261 e. The highest BCUT2D eigenvalue weighted by atomic mass is 19.1. The van der Waals surface area contributed by atoms with E-state index in [4.69, 9.17) is 14.2 Å². The van der Waals surface area contributed by atoms with Crippen molar-refractivity contribution < 1.29 is 13.7 Å². The van der Waals surface area contributed by atoms with E-state index in [0.717, 1.165) is 54.4 Å². The normalized spacial score (nSPS) is 16.1. The summed E-state index contributed by atoms with van der Waals surface area (Å²) in [5.41, 5.74) is 2.94. The first-order valence-corrected chi connectivity index (χ1v) is 11.3. The summed E-state index contributed by atoms with van der Waals surface area (Å²) in [4.78, 5) is 11.5. The summed E-state index contributed by atoms with van der Waals surface area (Å²) in [6.07, 6.45) is 2.97. The van der Waals surface area contributed by atoms with Gasteiger partial charge in [-0.3, -0.25) is 0 Å². The number of ether oxygens (including phenoxy) is 1. The van der Waals surface area contributed by atoms with Crippen LogP contribution < -0.4 is 10.2 Å². The van der Waals surface area contributed by atoms with Gasteiger partial charge in [0.25, 0.3) is 5.89 Å². The van der Waals surface area contributed by atoms with Crippen LogP contribution in [-0.2, 0) is 4.74 Å². The predicted molar refractivity (Wildman–Crippen MR) is 124 cm³/mol. The molecule has 32 heavy (non-hydrogen) atoms. The minimum absolute atomic E-state index is 0.306. The summed E-state index contributed by atoms with van der Waals surface area (Å²) in [6.45, 7) is 10.2. The lowest BCUT2D eigenvalue weighted by Gasteiger charge is -2.36. The van der Waals surface area contributed by atoms with Crippen LogP contribution in [0.25, 0.3) is 22.4 Å². The van der Waals surface area contributed by atoms with Gasteiger partial charge in [0.2, 0.25) is 0 Å². The number of nitrogens with zero attached hydrogens (tertiary/aromatic N) is 4. The molecule has 0 aliphatic carbocycles. The van der Waals surface area contributed by atoms with Crippen molar-refractivity contribution in [3.05, 3.63) is 34.9 Å². The zero-order chi connectivity index (χ0) is 22.8. The number of aryl methyl sites for hydroxylation is 3. The van der Waals surface area contributed by atoms with Crippen molar-refractivity contribution in [3.63, 3.8) is 0 Å². The molecule has 0 radical (unpaired) electrons. The predicted octanol–water partition coefficient (Wildman–Crippen LogP) is 4.33. The van der Waals surface area contributed by atoms with E-state index in [1.807, 2.05) is 19.9 Å². The van der Waals surface area contributed by atoms with Crippen LogP contribution in [0.5, 0.6) is 0 Å². The van der Waals surface area contributed by atoms with Gasteiger partial charge >= 0.3 is 0 Å². The van der Waals surface area contributed by atoms with Crippen LogP contribution in [0.15, 0.2) is 16.7 Å². The molecule has 0 bridgehead atoms. The number of aromatic nitrogens is 3. The number of pyridine rings is 1. The van der Waals surface area contributed by atoms with E-state index in [9.17, 15) is 4.39 Å². The van der Waals surface area contributed by atoms with E-state index in [1.165, 1.54) is 6.07 Å². The Kier molecular flexibility index (Phi) is 6.71. The first-order chi connectivity index (χ1) is 15.4. The summed E-state index contributed by atoms with van der Waals surface area (Å²) in [5.74, 6) is 1.40. The van der Waals surface area contributed by atoms with Crippen molar-refractivity contribution in [2.24, 2.45) is 0 Å². The van der Waals surface area contributed by atoms with Gasteiger partial charge in [0.15, 0.2) is 5.82 Å². The molecule has 0 amide bonds. The molecular formula is C24H32FN5O2. The Morgan fingerprint density at radius 3 is 2.59 bits per heavy atom. The first kappa shape index (κ1) is 22.6. The highest BCUT2D eigenvalue weighted by molar-refractivity contribution is 5.93. The van der Waals surface area contributed by atoms with Gasteiger partial charge in [-0.15, -0.1) is 0 Å². The van der Waals surface area contributed by atoms with Crippen molar-refractivity contribution in [2.75, 3.05) is 31.7 Å². The van der Waals surface area contributed by atoms with Crippen LogP contribution in [0.3, 0.4) is 0 Å². The monoisotopic (exact) mass is 441 g/mol. The van der Waals surface area contributed by atoms with Crippen LogP contribution in [0.2, 0.25) is 0 Å². The minimum atomic E-state index is -0.306. The second-order valence-electron chi connectivity index (χ2n) is 8.71. The van der Waals surface area contributed by atoms with Gasteiger partial charge in [0.05, 0.1) is 12.2 Å². The molecule has 1 aromatic carbocycles. The third-order valence-corrected chi connectivity index (χ3v) is 6.30. The summed E-state index contributed by atoms with van der Waals surface area (Å²) >= 11 is 0. The van der Waals surface area contributed by atoms with Crippen LogP contribution >= 0.6 is 0 Å². The topological polar surface area (TPSA) is 76.3 Å². The van der Waals surface area contributed by atoms with Gasteiger partial charge in [0, 0.05) is 37.7 Å². The maximum Gasteiger partial charge on any atom is 0.261 e. The fourth-order valence-electron chi connectivity index (χ4n) is 4.56. The van der Waals surface area contributed by atoms with Crippen molar-refractivity contribution in [2.45, 2.75) is 59.0 Å². The number of hydrogen-bond donors (Lipinski definition) is 1. The molecule has 1 aliphatic rings. The molecular weight excluding hydrogens is 409 g/mol. The SMILES string of the molecule is CC[C@@H](COC)NC1CCN(c2nc3c(F)cc(C)cc3c(C)c2-c2nc(C)no2)CC1. The Labute approximate surface area is 188 Å². The van der Waals surface area contributed by atoms with Crippen molar-refractivity contribution in [1.29, 1.82) is 0 Å². The lowest BCUT2D eigenvalue weighted by molar-refractivity contribution is 0.155. The Balaban J connectivity index is 1.69. The van der Waals surface area contributed by atoms with E-state index in [2.05, 4.69) is 27.3 Å². The van der Waals surface area contributed by atoms with Gasteiger partial charge in [-0.2, -0.15) is 4.98 Å². The molecule has 0 spiro atoms. The molecule has 1 saturated heterocycles. The number of anilines is 1. The summed E-state index contributed by atoms with van der Waals surface area (Å²) in [7, 11) is 1.74. The summed E-state index contributed by atoms with van der Waals surface area (Å²) < 4.78 is 25.7. The van der Waals surface area contributed by atoms with E-state index in [0.29, 0.717) is 41.7 Å². The van der Waals surface area contributed by atoms with Crippen molar-refractivity contribution >= 4 is 16.7 Å². The van der Waals surface area contributed by atoms with Crippen LogP contribution in [-0.4, -0.2) is 54.0 Å². The molecule has 3 heterocycles. The summed E-state index contributed by atoms with van der Waals surface area (Å²) in [6, 6.07) is 4.27. The Morgan fingerprint density at radius 1 is 1.22 bits per heavy atom. The van der Waals surface area contributed by atoms with E-state index < -0.39 is 0 Å². The fraction of sp³-hybridized carbons (Fsp3) is 0.542. The maximum atomic E-state index is 14.9. The third kappa shape index (κ3) is 4.47. The highest BCUT2D eigenvalue weighted by Gasteiger charge is 2.28. The number of halogens is 1. The molecule has 0 unspecified atom stereocenters. The van der Waals surface area contributed by atoms with Crippen molar-refractivity contribution in [3.8, 4) is 11.5 Å². The summed E-state index contributed by atoms with van der Waals surface area (Å²) in [5, 5.41) is 8.47. The lowest BCUT2D eigenvalue weighted by atomic mass is 9.99. The Morgan fingerprint density at radius 2 is 1.97 bits per heavy atom. The number of hydrogen-bond acceptors (Lipinski definition) is 7. The van der Waals surface area contributed by atoms with Gasteiger partial charge in [-0.1, -0.05) is 12.1 Å². The number of fused-ring (bicyclic) bond motifs is 1. The molecule has 8 heteroatoms. The van der Waals surface area contributed by atoms with Gasteiger partial charge in [0.1, 0.15) is 17.2 Å². The number of piperidine rings is 1.